The fraction of sp³-hybridized carbons (Fsp3) is 0.286. The van der Waals surface area contributed by atoms with Crippen LogP contribution in [-0.2, 0) is 19.2 Å². The molecule has 0 radical (unpaired) electrons. The number of rotatable bonds is 7. The Morgan fingerprint density at radius 1 is 1.24 bits per heavy atom. The molecular weight excluding hydrogens is 436 g/mol. The zero-order chi connectivity index (χ0) is 23.8. The third-order valence-corrected chi connectivity index (χ3v) is 5.14. The Kier molecular flexibility index (Phi) is 5.77. The summed E-state index contributed by atoms with van der Waals surface area (Å²) in [7, 11) is 1.57. The van der Waals surface area contributed by atoms with Crippen molar-refractivity contribution in [1.82, 2.24) is 34.9 Å². The first kappa shape index (κ1) is 22.3. The van der Waals surface area contributed by atoms with Crippen LogP contribution >= 0.6 is 0 Å². The fourth-order valence-electron chi connectivity index (χ4n) is 3.34. The maximum Gasteiger partial charge on any atom is 0.271 e. The quantitative estimate of drug-likeness (QED) is 0.433. The van der Waals surface area contributed by atoms with E-state index in [1.165, 1.54) is 15.3 Å². The summed E-state index contributed by atoms with van der Waals surface area (Å²) in [5, 5.41) is 24.3. The number of benzene rings is 1. The predicted molar refractivity (Wildman–Crippen MR) is 111 cm³/mol. The molecule has 0 bridgehead atoms. The van der Waals surface area contributed by atoms with Crippen LogP contribution in [0.4, 0.5) is 8.78 Å². The Bertz CT molecular complexity index is 1320. The normalized spacial score (nSPS) is 13.2. The number of carbonyl (C=O) groups excluding carboxylic acids is 1. The average molecular weight is 457 g/mol. The molecular formula is C21H21F2N7O3. The van der Waals surface area contributed by atoms with Gasteiger partial charge in [0.1, 0.15) is 29.5 Å². The third-order valence-electron chi connectivity index (χ3n) is 5.14. The van der Waals surface area contributed by atoms with E-state index in [0.29, 0.717) is 11.3 Å². The van der Waals surface area contributed by atoms with E-state index in [1.54, 1.807) is 39.2 Å². The standard InChI is InChI=1S/C21H21F2N7O3/c1-12-17(19(32)25-21(2,11-31)20-26-28-29(3)27-20)30-9-5-8-16(18(30)24-12)33-10-13-14(22)6-4-7-15(13)23/h4-9,31H,10-11H2,1-3H3,(H,25,32)/t21-/m1/s1. The lowest BCUT2D eigenvalue weighted by atomic mass is 10.0. The molecule has 0 fully saturated rings. The van der Waals surface area contributed by atoms with Gasteiger partial charge in [0, 0.05) is 6.20 Å². The van der Waals surface area contributed by atoms with Crippen molar-refractivity contribution in [2.24, 2.45) is 7.05 Å². The van der Waals surface area contributed by atoms with Crippen LogP contribution in [0.25, 0.3) is 5.65 Å². The number of halogens is 2. The summed E-state index contributed by atoms with van der Waals surface area (Å²) < 4.78 is 35.0. The topological polar surface area (TPSA) is 119 Å². The zero-order valence-electron chi connectivity index (χ0n) is 18.1. The highest BCUT2D eigenvalue weighted by Crippen LogP contribution is 2.25. The van der Waals surface area contributed by atoms with E-state index in [9.17, 15) is 18.7 Å². The molecule has 0 saturated carbocycles. The lowest BCUT2D eigenvalue weighted by Gasteiger charge is -2.25. The van der Waals surface area contributed by atoms with Gasteiger partial charge in [-0.1, -0.05) is 6.07 Å². The Labute approximate surface area is 186 Å². The van der Waals surface area contributed by atoms with Gasteiger partial charge in [0.2, 0.25) is 5.82 Å². The number of fused-ring (bicyclic) bond motifs is 1. The van der Waals surface area contributed by atoms with Gasteiger partial charge in [-0.3, -0.25) is 9.20 Å². The van der Waals surface area contributed by atoms with Gasteiger partial charge in [0.05, 0.1) is 24.9 Å². The molecule has 0 aliphatic rings. The van der Waals surface area contributed by atoms with Crippen molar-refractivity contribution < 1.29 is 23.4 Å². The molecule has 3 aromatic heterocycles. The molecule has 0 spiro atoms. The fourth-order valence-corrected chi connectivity index (χ4v) is 3.34. The summed E-state index contributed by atoms with van der Waals surface area (Å²) >= 11 is 0. The number of hydrogen-bond donors (Lipinski definition) is 2. The molecule has 0 aliphatic heterocycles. The number of carbonyl (C=O) groups is 1. The molecule has 4 rings (SSSR count). The van der Waals surface area contributed by atoms with Crippen molar-refractivity contribution in [3.8, 4) is 5.75 Å². The van der Waals surface area contributed by atoms with E-state index in [4.69, 9.17) is 4.74 Å². The molecule has 1 amide bonds. The van der Waals surface area contributed by atoms with Crippen LogP contribution in [0.2, 0.25) is 0 Å². The Morgan fingerprint density at radius 2 is 1.97 bits per heavy atom. The Hall–Kier alpha value is -3.93. The molecule has 33 heavy (non-hydrogen) atoms. The predicted octanol–water partition coefficient (Wildman–Crippen LogP) is 1.66. The van der Waals surface area contributed by atoms with Crippen LogP contribution in [-0.4, -0.2) is 47.2 Å². The first-order chi connectivity index (χ1) is 15.7. The van der Waals surface area contributed by atoms with Crippen molar-refractivity contribution in [3.63, 3.8) is 0 Å². The molecule has 0 unspecified atom stereocenters. The summed E-state index contributed by atoms with van der Waals surface area (Å²) in [5.41, 5.74) is -0.640. The minimum Gasteiger partial charge on any atom is -0.485 e. The Balaban J connectivity index is 1.64. The molecule has 12 heteroatoms. The second-order valence-electron chi connectivity index (χ2n) is 7.65. The second-order valence-corrected chi connectivity index (χ2v) is 7.65. The van der Waals surface area contributed by atoms with Crippen molar-refractivity contribution >= 4 is 11.6 Å². The number of amides is 1. The van der Waals surface area contributed by atoms with E-state index >= 15 is 0 Å². The number of hydrogen-bond acceptors (Lipinski definition) is 7. The average Bonchev–Trinajstić information content (AvgIpc) is 3.36. The molecule has 4 aromatic rings. The third kappa shape index (κ3) is 4.12. The number of ether oxygens (including phenoxy) is 1. The van der Waals surface area contributed by atoms with Crippen molar-refractivity contribution in [1.29, 1.82) is 0 Å². The molecule has 0 aliphatic carbocycles. The number of nitrogens with one attached hydrogen (secondary N) is 1. The van der Waals surface area contributed by atoms with Crippen molar-refractivity contribution in [2.45, 2.75) is 26.0 Å². The summed E-state index contributed by atoms with van der Waals surface area (Å²) in [6.45, 7) is 2.38. The molecule has 1 aromatic carbocycles. The van der Waals surface area contributed by atoms with Gasteiger partial charge >= 0.3 is 0 Å². The number of pyridine rings is 1. The minimum absolute atomic E-state index is 0.142. The molecule has 1 atom stereocenters. The summed E-state index contributed by atoms with van der Waals surface area (Å²) in [6.07, 6.45) is 1.61. The van der Waals surface area contributed by atoms with Gasteiger partial charge in [0.25, 0.3) is 5.91 Å². The van der Waals surface area contributed by atoms with Gasteiger partial charge < -0.3 is 15.2 Å². The summed E-state index contributed by atoms with van der Waals surface area (Å²) in [4.78, 5) is 18.8. The first-order valence-corrected chi connectivity index (χ1v) is 9.94. The maximum atomic E-state index is 13.9. The maximum absolute atomic E-state index is 13.9. The highest BCUT2D eigenvalue weighted by atomic mass is 19.1. The highest BCUT2D eigenvalue weighted by molar-refractivity contribution is 5.95. The number of imidazole rings is 1. The molecule has 172 valence electrons. The first-order valence-electron chi connectivity index (χ1n) is 9.94. The van der Waals surface area contributed by atoms with Crippen LogP contribution in [0.1, 0.15) is 34.5 Å². The molecule has 2 N–H and O–H groups in total. The zero-order valence-corrected chi connectivity index (χ0v) is 18.1. The van der Waals surface area contributed by atoms with Crippen LogP contribution in [0.15, 0.2) is 36.5 Å². The minimum atomic E-state index is -1.29. The van der Waals surface area contributed by atoms with E-state index in [2.05, 4.69) is 25.7 Å². The summed E-state index contributed by atoms with van der Waals surface area (Å²) in [5.74, 6) is -1.60. The van der Waals surface area contributed by atoms with E-state index in [1.807, 2.05) is 0 Å². The van der Waals surface area contributed by atoms with Gasteiger partial charge in [-0.05, 0) is 43.3 Å². The largest absolute Gasteiger partial charge is 0.485 e. The van der Waals surface area contributed by atoms with Gasteiger partial charge in [-0.25, -0.2) is 13.8 Å². The number of aromatic nitrogens is 6. The smallest absolute Gasteiger partial charge is 0.271 e. The SMILES string of the molecule is Cc1nc2c(OCc3c(F)cccc3F)cccn2c1C(=O)N[C@](C)(CO)c1nnn(C)n1. The number of nitrogens with zero attached hydrogens (tertiary/aromatic N) is 6. The number of aliphatic hydroxyl groups excluding tert-OH is 1. The van der Waals surface area contributed by atoms with Crippen molar-refractivity contribution in [3.05, 3.63) is 70.9 Å². The monoisotopic (exact) mass is 457 g/mol. The van der Waals surface area contributed by atoms with Crippen LogP contribution < -0.4 is 10.1 Å². The lowest BCUT2D eigenvalue weighted by Crippen LogP contribution is -2.47. The second kappa shape index (κ2) is 8.54. The summed E-state index contributed by atoms with van der Waals surface area (Å²) in [6, 6.07) is 6.77. The highest BCUT2D eigenvalue weighted by Gasteiger charge is 2.34. The molecule has 0 saturated heterocycles. The van der Waals surface area contributed by atoms with Crippen LogP contribution in [0.3, 0.4) is 0 Å². The van der Waals surface area contributed by atoms with Gasteiger partial charge in [0.15, 0.2) is 11.4 Å². The van der Waals surface area contributed by atoms with E-state index in [0.717, 1.165) is 12.1 Å². The van der Waals surface area contributed by atoms with Crippen molar-refractivity contribution in [2.75, 3.05) is 6.61 Å². The van der Waals surface area contributed by atoms with E-state index < -0.39 is 29.7 Å². The Morgan fingerprint density at radius 3 is 2.61 bits per heavy atom. The van der Waals surface area contributed by atoms with Gasteiger partial charge in [-0.2, -0.15) is 4.80 Å². The van der Waals surface area contributed by atoms with Gasteiger partial charge in [-0.15, -0.1) is 10.2 Å². The van der Waals surface area contributed by atoms with Crippen LogP contribution in [0, 0.1) is 18.6 Å². The lowest BCUT2D eigenvalue weighted by molar-refractivity contribution is 0.0832. The molecule has 3 heterocycles. The van der Waals surface area contributed by atoms with Crippen LogP contribution in [0.5, 0.6) is 5.75 Å². The number of aliphatic hydroxyl groups is 1. The molecule has 10 nitrogen and oxygen atoms in total. The van der Waals surface area contributed by atoms with E-state index in [-0.39, 0.29) is 29.4 Å². The number of aryl methyl sites for hydroxylation is 2. The number of tetrazole rings is 1.